The predicted octanol–water partition coefficient (Wildman–Crippen LogP) is -1.60. The molecule has 0 aliphatic carbocycles. The van der Waals surface area contributed by atoms with Gasteiger partial charge in [0.25, 0.3) is 11.1 Å². The van der Waals surface area contributed by atoms with Crippen LogP contribution in [-0.4, -0.2) is 103 Å². The number of hydrogen-bond acceptors (Lipinski definition) is 17. The van der Waals surface area contributed by atoms with Crippen molar-refractivity contribution >= 4 is 71.8 Å². The zero-order valence-corrected chi connectivity index (χ0v) is 27.6. The molecule has 0 saturated carbocycles. The topological polar surface area (TPSA) is 323 Å². The molecule has 2 aliphatic heterocycles. The first-order valence-electron chi connectivity index (χ1n) is 13.7. The number of rotatable bonds is 11. The van der Waals surface area contributed by atoms with Crippen molar-refractivity contribution in [1.29, 1.82) is 0 Å². The SMILES string of the molecule is C=C[C@@H]1C(COP(O)(=S)O[C@H]2[C@@H](O)[C@H](n3cnc4c(=O)[nH]c(N)nc43)O[C@@H]2COP(=O)(O)S)O[C@@H](n2cnc3c(=O)[nH]c(N)nc32)[C@@H]1O. The van der Waals surface area contributed by atoms with E-state index in [-0.39, 0.29) is 34.2 Å². The number of H-pyrrole nitrogens is 2. The lowest BCUT2D eigenvalue weighted by molar-refractivity contribution is -0.0517. The summed E-state index contributed by atoms with van der Waals surface area (Å²) in [6, 6.07) is 0. The molecule has 22 nitrogen and oxygen atoms in total. The van der Waals surface area contributed by atoms with Crippen LogP contribution < -0.4 is 22.6 Å². The summed E-state index contributed by atoms with van der Waals surface area (Å²) >= 11 is 8.69. The molecule has 6 rings (SSSR count). The highest BCUT2D eigenvalue weighted by Crippen LogP contribution is 2.52. The number of aromatic nitrogens is 8. The van der Waals surface area contributed by atoms with Gasteiger partial charge in [-0.1, -0.05) is 18.3 Å². The summed E-state index contributed by atoms with van der Waals surface area (Å²) in [6.45, 7) is -6.07. The number of aliphatic hydroxyl groups excluding tert-OH is 2. The van der Waals surface area contributed by atoms with E-state index in [1.807, 2.05) is 0 Å². The third-order valence-electron chi connectivity index (χ3n) is 7.53. The van der Waals surface area contributed by atoms with E-state index >= 15 is 0 Å². The van der Waals surface area contributed by atoms with Crippen LogP contribution in [-0.2, 0) is 39.4 Å². The summed E-state index contributed by atoms with van der Waals surface area (Å²) in [5.74, 6) is -1.23. The lowest BCUT2D eigenvalue weighted by Gasteiger charge is -2.26. The van der Waals surface area contributed by atoms with Gasteiger partial charge in [-0.25, -0.2) is 14.5 Å². The molecule has 0 aromatic carbocycles. The van der Waals surface area contributed by atoms with Crippen molar-refractivity contribution in [2.24, 2.45) is 5.92 Å². The summed E-state index contributed by atoms with van der Waals surface area (Å²) in [6.07, 6.45) is -5.58. The Morgan fingerprint density at radius 1 is 0.958 bits per heavy atom. The van der Waals surface area contributed by atoms with Crippen molar-refractivity contribution in [3.05, 3.63) is 46.0 Å². The Kier molecular flexibility index (Phi) is 9.40. The van der Waals surface area contributed by atoms with Crippen molar-refractivity contribution < 1.29 is 47.6 Å². The molecule has 260 valence electrons. The maximum absolute atomic E-state index is 12.3. The van der Waals surface area contributed by atoms with Crippen molar-refractivity contribution in [2.75, 3.05) is 24.7 Å². The number of aliphatic hydroxyl groups is 2. The van der Waals surface area contributed by atoms with Crippen molar-refractivity contribution in [1.82, 2.24) is 39.0 Å². The van der Waals surface area contributed by atoms with E-state index in [2.05, 4.69) is 48.7 Å². The molecule has 2 aliphatic rings. The lowest BCUT2D eigenvalue weighted by Crippen LogP contribution is -2.36. The monoisotopic (exact) mass is 750 g/mol. The summed E-state index contributed by atoms with van der Waals surface area (Å²) in [4.78, 5) is 65.8. The molecule has 2 fully saturated rings. The Morgan fingerprint density at radius 3 is 1.98 bits per heavy atom. The van der Waals surface area contributed by atoms with Gasteiger partial charge in [0.05, 0.1) is 32.0 Å². The van der Waals surface area contributed by atoms with Gasteiger partial charge in [0.2, 0.25) is 11.9 Å². The van der Waals surface area contributed by atoms with E-state index in [0.717, 1.165) is 6.33 Å². The number of nitrogens with one attached hydrogen (secondary N) is 2. The molecular formula is C22H28N10O12P2S2. The highest BCUT2D eigenvalue weighted by molar-refractivity contribution is 8.44. The van der Waals surface area contributed by atoms with Crippen molar-refractivity contribution in [3.63, 3.8) is 0 Å². The molecule has 4 aromatic heterocycles. The molecule has 48 heavy (non-hydrogen) atoms. The number of anilines is 2. The molecule has 26 heteroatoms. The Balaban J connectivity index is 1.20. The van der Waals surface area contributed by atoms with Crippen LogP contribution in [0.4, 0.5) is 11.9 Å². The van der Waals surface area contributed by atoms with E-state index < -0.39 is 86.7 Å². The fourth-order valence-corrected chi connectivity index (χ4v) is 7.41. The minimum absolute atomic E-state index is 0.0418. The molecular weight excluding hydrogens is 722 g/mol. The average molecular weight is 751 g/mol. The Hall–Kier alpha value is -3.09. The maximum atomic E-state index is 12.3. The number of thiol groups is 1. The molecule has 10 atom stereocenters. The van der Waals surface area contributed by atoms with E-state index in [4.69, 9.17) is 46.3 Å². The van der Waals surface area contributed by atoms with Crippen LogP contribution in [0.2, 0.25) is 0 Å². The van der Waals surface area contributed by atoms with Gasteiger partial charge in [-0.15, -0.1) is 6.58 Å². The average Bonchev–Trinajstić information content (AvgIpc) is 3.75. The second kappa shape index (κ2) is 13.0. The predicted molar refractivity (Wildman–Crippen MR) is 171 cm³/mol. The number of nitrogens with two attached hydrogens (primary N) is 2. The van der Waals surface area contributed by atoms with Gasteiger partial charge in [0.15, 0.2) is 34.8 Å². The summed E-state index contributed by atoms with van der Waals surface area (Å²) in [5, 5.41) is 22.3. The Bertz CT molecular complexity index is 2090. The van der Waals surface area contributed by atoms with Gasteiger partial charge in [-0.3, -0.25) is 37.7 Å². The molecule has 10 N–H and O–H groups in total. The number of fused-ring (bicyclic) bond motifs is 2. The van der Waals surface area contributed by atoms with Crippen molar-refractivity contribution in [2.45, 2.75) is 43.0 Å². The number of nitrogen functional groups attached to an aromatic ring is 2. The first kappa shape index (κ1) is 34.8. The highest BCUT2D eigenvalue weighted by Gasteiger charge is 2.50. The van der Waals surface area contributed by atoms with E-state index in [1.54, 1.807) is 0 Å². The van der Waals surface area contributed by atoms with Gasteiger partial charge < -0.3 is 45.5 Å². The standard InChI is InChI=1S/C22H28N10O12P2S2/c1-2-7-8(42-19(12(7)33)31-5-25-10-15(31)27-21(23)29-17(10)35)3-41-46(39,48)44-14-9(4-40-45(37,38)47)43-20(13(14)34)32-6-26-11-16(32)28-22(24)30-18(11)36/h2,5-9,12-14,19-20,33-34H,1,3-4H2,(H,39,48)(H2,37,38,47)(H3,23,27,29,35)(H3,24,28,30,36)/t7-,8?,9-,12-,13-,14-,19-,20-,46?/m1/s1. The van der Waals surface area contributed by atoms with Crippen LogP contribution in [0, 0.1) is 5.92 Å². The van der Waals surface area contributed by atoms with Crippen LogP contribution in [0.25, 0.3) is 22.3 Å². The number of aromatic amines is 2. The summed E-state index contributed by atoms with van der Waals surface area (Å²) in [5.41, 5.74) is 9.86. The largest absolute Gasteiger partial charge is 0.388 e. The molecule has 0 bridgehead atoms. The van der Waals surface area contributed by atoms with Gasteiger partial charge in [-0.2, -0.15) is 9.97 Å². The zero-order valence-electron chi connectivity index (χ0n) is 24.1. The van der Waals surface area contributed by atoms with E-state index in [0.29, 0.717) is 0 Å². The summed E-state index contributed by atoms with van der Waals surface area (Å²) < 4.78 is 42.1. The van der Waals surface area contributed by atoms with Crippen LogP contribution in [0.1, 0.15) is 12.5 Å². The van der Waals surface area contributed by atoms with Crippen LogP contribution in [0.5, 0.6) is 0 Å². The number of hydrogen-bond donors (Lipinski definition) is 9. The molecule has 6 heterocycles. The maximum Gasteiger partial charge on any atom is 0.383 e. The van der Waals surface area contributed by atoms with Gasteiger partial charge in [-0.05, 0) is 11.8 Å². The fourth-order valence-electron chi connectivity index (χ4n) is 5.43. The van der Waals surface area contributed by atoms with Gasteiger partial charge >= 0.3 is 13.5 Å². The van der Waals surface area contributed by atoms with Crippen LogP contribution >= 0.6 is 25.8 Å². The highest BCUT2D eigenvalue weighted by atomic mass is 32.7. The number of imidazole rings is 2. The normalized spacial score (nSPS) is 30.1. The van der Waals surface area contributed by atoms with E-state index in [1.165, 1.54) is 21.5 Å². The summed E-state index contributed by atoms with van der Waals surface area (Å²) in [7, 11) is 0. The Morgan fingerprint density at radius 2 is 1.46 bits per heavy atom. The number of nitrogens with zero attached hydrogens (tertiary/aromatic N) is 6. The van der Waals surface area contributed by atoms with Crippen LogP contribution in [0.3, 0.4) is 0 Å². The quantitative estimate of drug-likeness (QED) is 0.0473. The third-order valence-corrected chi connectivity index (χ3v) is 9.92. The smallest absolute Gasteiger partial charge is 0.383 e. The first-order chi connectivity index (χ1) is 22.6. The number of ether oxygens (including phenoxy) is 2. The zero-order chi connectivity index (χ0) is 34.7. The minimum Gasteiger partial charge on any atom is -0.388 e. The molecule has 3 unspecified atom stereocenters. The molecule has 4 aromatic rings. The Labute approximate surface area is 277 Å². The van der Waals surface area contributed by atoms with Crippen molar-refractivity contribution in [3.8, 4) is 0 Å². The van der Waals surface area contributed by atoms with Gasteiger partial charge in [0, 0.05) is 5.92 Å². The lowest BCUT2D eigenvalue weighted by atomic mass is 9.99. The molecule has 0 amide bonds. The molecule has 0 spiro atoms. The van der Waals surface area contributed by atoms with E-state index in [9.17, 15) is 34.2 Å². The fraction of sp³-hybridized carbons (Fsp3) is 0.455. The minimum atomic E-state index is -4.35. The second-order valence-electron chi connectivity index (χ2n) is 10.6. The molecule has 2 saturated heterocycles. The first-order valence-corrected chi connectivity index (χ1v) is 19.0. The molecule has 0 radical (unpaired) electrons. The van der Waals surface area contributed by atoms with Crippen LogP contribution in [0.15, 0.2) is 34.9 Å². The second-order valence-corrected chi connectivity index (χ2v) is 16.1. The third kappa shape index (κ3) is 6.72. The van der Waals surface area contributed by atoms with Gasteiger partial charge in [0.1, 0.15) is 24.4 Å².